The zero-order chi connectivity index (χ0) is 9.90. The lowest BCUT2D eigenvalue weighted by Gasteiger charge is -2.19. The van der Waals surface area contributed by atoms with Gasteiger partial charge in [-0.3, -0.25) is 4.79 Å². The van der Waals surface area contributed by atoms with Crippen molar-refractivity contribution in [1.29, 1.82) is 0 Å². The molecule has 0 radical (unpaired) electrons. The number of hydrogen-bond acceptors (Lipinski definition) is 3. The first-order valence-corrected chi connectivity index (χ1v) is 5.09. The number of thiophene rings is 1. The van der Waals surface area contributed by atoms with Crippen molar-refractivity contribution in [1.82, 2.24) is 0 Å². The van der Waals surface area contributed by atoms with Crippen molar-refractivity contribution >= 4 is 17.3 Å². The number of hydrogen-bond donors (Lipinski definition) is 0. The van der Waals surface area contributed by atoms with E-state index in [2.05, 4.69) is 0 Å². The number of esters is 1. The Labute approximate surface area is 82.5 Å². The molecule has 0 fully saturated rings. The standard InChI is InChI=1S/C10H14O2S/c1-10(2,3)12-9(11)7-8-5-4-6-13-8/h4-6H,7H2,1-3H3. The molecule has 1 aromatic rings. The van der Waals surface area contributed by atoms with Crippen molar-refractivity contribution in [3.8, 4) is 0 Å². The first-order chi connectivity index (χ1) is 5.97. The molecule has 1 heterocycles. The molecular formula is C10H14O2S. The average molecular weight is 198 g/mol. The normalized spacial score (nSPS) is 11.3. The lowest BCUT2D eigenvalue weighted by Crippen LogP contribution is -2.24. The first-order valence-electron chi connectivity index (χ1n) is 4.21. The van der Waals surface area contributed by atoms with E-state index >= 15 is 0 Å². The second-order valence-electron chi connectivity index (χ2n) is 3.84. The third kappa shape index (κ3) is 4.08. The Bertz CT molecular complexity index is 270. The third-order valence-corrected chi connectivity index (χ3v) is 2.20. The van der Waals surface area contributed by atoms with Gasteiger partial charge < -0.3 is 4.74 Å². The van der Waals surface area contributed by atoms with Crippen LogP contribution < -0.4 is 0 Å². The summed E-state index contributed by atoms with van der Waals surface area (Å²) in [5.41, 5.74) is -0.381. The summed E-state index contributed by atoms with van der Waals surface area (Å²) in [6, 6.07) is 3.87. The molecule has 2 nitrogen and oxygen atoms in total. The first kappa shape index (κ1) is 10.3. The Morgan fingerprint density at radius 3 is 2.69 bits per heavy atom. The number of ether oxygens (including phenoxy) is 1. The van der Waals surface area contributed by atoms with E-state index in [1.807, 2.05) is 38.3 Å². The summed E-state index contributed by atoms with van der Waals surface area (Å²) in [6.45, 7) is 5.62. The molecule has 0 aliphatic heterocycles. The minimum atomic E-state index is -0.381. The summed E-state index contributed by atoms with van der Waals surface area (Å²) in [4.78, 5) is 12.4. The molecule has 0 unspecified atom stereocenters. The summed E-state index contributed by atoms with van der Waals surface area (Å²) in [7, 11) is 0. The Morgan fingerprint density at radius 1 is 1.54 bits per heavy atom. The highest BCUT2D eigenvalue weighted by atomic mass is 32.1. The third-order valence-electron chi connectivity index (χ3n) is 1.32. The van der Waals surface area contributed by atoms with Crippen LogP contribution in [0.15, 0.2) is 17.5 Å². The van der Waals surface area contributed by atoms with E-state index in [1.165, 1.54) is 0 Å². The predicted octanol–water partition coefficient (Wildman–Crippen LogP) is 2.63. The van der Waals surface area contributed by atoms with Crippen molar-refractivity contribution in [2.24, 2.45) is 0 Å². The van der Waals surface area contributed by atoms with Crippen molar-refractivity contribution in [3.05, 3.63) is 22.4 Å². The molecule has 0 atom stereocenters. The van der Waals surface area contributed by atoms with Crippen molar-refractivity contribution in [3.63, 3.8) is 0 Å². The minimum Gasteiger partial charge on any atom is -0.460 e. The summed E-state index contributed by atoms with van der Waals surface area (Å²) >= 11 is 1.58. The fourth-order valence-corrected chi connectivity index (χ4v) is 1.62. The highest BCUT2D eigenvalue weighted by Gasteiger charge is 2.16. The van der Waals surface area contributed by atoms with Gasteiger partial charge in [0.15, 0.2) is 0 Å². The predicted molar refractivity (Wildman–Crippen MR) is 53.9 cm³/mol. The van der Waals surface area contributed by atoms with Crippen LogP contribution in [0.1, 0.15) is 25.6 Å². The van der Waals surface area contributed by atoms with Gasteiger partial charge in [0, 0.05) is 4.88 Å². The molecule has 72 valence electrons. The molecular weight excluding hydrogens is 184 g/mol. The van der Waals surface area contributed by atoms with E-state index in [9.17, 15) is 4.79 Å². The highest BCUT2D eigenvalue weighted by molar-refractivity contribution is 7.10. The lowest BCUT2D eigenvalue weighted by molar-refractivity contribution is -0.153. The molecule has 0 bridgehead atoms. The zero-order valence-corrected chi connectivity index (χ0v) is 8.98. The summed E-state index contributed by atoms with van der Waals surface area (Å²) in [5.74, 6) is -0.157. The molecule has 0 aromatic carbocycles. The van der Waals surface area contributed by atoms with E-state index in [-0.39, 0.29) is 11.6 Å². The smallest absolute Gasteiger partial charge is 0.311 e. The van der Waals surface area contributed by atoms with Crippen LogP contribution in [-0.4, -0.2) is 11.6 Å². The van der Waals surface area contributed by atoms with E-state index in [0.29, 0.717) is 6.42 Å². The Morgan fingerprint density at radius 2 is 2.23 bits per heavy atom. The van der Waals surface area contributed by atoms with Gasteiger partial charge in [-0.2, -0.15) is 0 Å². The van der Waals surface area contributed by atoms with Gasteiger partial charge in [0.25, 0.3) is 0 Å². The van der Waals surface area contributed by atoms with Gasteiger partial charge in [0.1, 0.15) is 5.60 Å². The van der Waals surface area contributed by atoms with E-state index < -0.39 is 0 Å². The number of carbonyl (C=O) groups excluding carboxylic acids is 1. The maximum absolute atomic E-state index is 11.3. The second kappa shape index (κ2) is 3.92. The van der Waals surface area contributed by atoms with Crippen molar-refractivity contribution in [2.75, 3.05) is 0 Å². The molecule has 0 saturated heterocycles. The van der Waals surface area contributed by atoms with Crippen LogP contribution in [0, 0.1) is 0 Å². The second-order valence-corrected chi connectivity index (χ2v) is 4.87. The van der Waals surface area contributed by atoms with Crippen molar-refractivity contribution in [2.45, 2.75) is 32.8 Å². The fraction of sp³-hybridized carbons (Fsp3) is 0.500. The quantitative estimate of drug-likeness (QED) is 0.683. The average Bonchev–Trinajstić information content (AvgIpc) is 2.34. The zero-order valence-electron chi connectivity index (χ0n) is 8.16. The van der Waals surface area contributed by atoms with Gasteiger partial charge in [0.05, 0.1) is 6.42 Å². The van der Waals surface area contributed by atoms with E-state index in [0.717, 1.165) is 4.88 Å². The fourth-order valence-electron chi connectivity index (χ4n) is 0.933. The number of rotatable bonds is 2. The minimum absolute atomic E-state index is 0.157. The Hall–Kier alpha value is -0.830. The lowest BCUT2D eigenvalue weighted by atomic mass is 10.2. The van der Waals surface area contributed by atoms with Gasteiger partial charge in [-0.25, -0.2) is 0 Å². The molecule has 0 amide bonds. The van der Waals surface area contributed by atoms with Crippen LogP contribution in [0.4, 0.5) is 0 Å². The van der Waals surface area contributed by atoms with Crippen LogP contribution in [-0.2, 0) is 16.0 Å². The molecule has 0 aliphatic carbocycles. The van der Waals surface area contributed by atoms with Gasteiger partial charge in [-0.05, 0) is 32.2 Å². The van der Waals surface area contributed by atoms with Gasteiger partial charge in [0.2, 0.25) is 0 Å². The van der Waals surface area contributed by atoms with E-state index in [4.69, 9.17) is 4.74 Å². The van der Waals surface area contributed by atoms with E-state index in [1.54, 1.807) is 11.3 Å². The Kier molecular flexibility index (Phi) is 3.09. The van der Waals surface area contributed by atoms with Crippen LogP contribution in [0.2, 0.25) is 0 Å². The maximum Gasteiger partial charge on any atom is 0.311 e. The molecule has 0 saturated carbocycles. The molecule has 1 aromatic heterocycles. The summed E-state index contributed by atoms with van der Waals surface area (Å²) in [6.07, 6.45) is 0.384. The molecule has 13 heavy (non-hydrogen) atoms. The molecule has 1 rings (SSSR count). The van der Waals surface area contributed by atoms with Crippen LogP contribution >= 0.6 is 11.3 Å². The summed E-state index contributed by atoms with van der Waals surface area (Å²) < 4.78 is 5.18. The number of carbonyl (C=O) groups is 1. The van der Waals surface area contributed by atoms with Gasteiger partial charge in [-0.15, -0.1) is 11.3 Å². The van der Waals surface area contributed by atoms with Crippen LogP contribution in [0.3, 0.4) is 0 Å². The monoisotopic (exact) mass is 198 g/mol. The maximum atomic E-state index is 11.3. The van der Waals surface area contributed by atoms with Crippen molar-refractivity contribution < 1.29 is 9.53 Å². The molecule has 0 aliphatic rings. The van der Waals surface area contributed by atoms with Gasteiger partial charge in [-0.1, -0.05) is 6.07 Å². The Balaban J connectivity index is 2.43. The van der Waals surface area contributed by atoms with Crippen LogP contribution in [0.25, 0.3) is 0 Å². The molecule has 3 heteroatoms. The van der Waals surface area contributed by atoms with Crippen LogP contribution in [0.5, 0.6) is 0 Å². The molecule has 0 spiro atoms. The molecule has 0 N–H and O–H groups in total. The topological polar surface area (TPSA) is 26.3 Å². The SMILES string of the molecule is CC(C)(C)OC(=O)Cc1cccs1. The summed E-state index contributed by atoms with van der Waals surface area (Å²) in [5, 5.41) is 1.96. The highest BCUT2D eigenvalue weighted by Crippen LogP contribution is 2.13. The van der Waals surface area contributed by atoms with Gasteiger partial charge >= 0.3 is 5.97 Å². The largest absolute Gasteiger partial charge is 0.460 e.